The predicted molar refractivity (Wildman–Crippen MR) is 176 cm³/mol. The molecule has 2 saturated carbocycles. The molecule has 2 aliphatic carbocycles. The number of aliphatic hydroxyl groups excluding tert-OH is 5. The van der Waals surface area contributed by atoms with Crippen molar-refractivity contribution in [2.45, 2.75) is 76.5 Å². The minimum atomic E-state index is -1.60. The molecular formula is C34H42N6O10. The van der Waals surface area contributed by atoms with Crippen LogP contribution in [0, 0.1) is 28.6 Å². The summed E-state index contributed by atoms with van der Waals surface area (Å²) in [5, 5.41) is 52.2. The van der Waals surface area contributed by atoms with Gasteiger partial charge in [0.25, 0.3) is 5.56 Å². The number of nitrogens with one attached hydrogen (secondary N) is 1. The smallest absolute Gasteiger partial charge is 0.343 e. The summed E-state index contributed by atoms with van der Waals surface area (Å²) in [6.07, 6.45) is 5.42. The van der Waals surface area contributed by atoms with Crippen LogP contribution in [0.15, 0.2) is 57.9 Å². The summed E-state index contributed by atoms with van der Waals surface area (Å²) < 4.78 is 19.5. The molecular weight excluding hydrogens is 652 g/mol. The molecule has 1 saturated heterocycles. The Hall–Kier alpha value is -4.03. The van der Waals surface area contributed by atoms with Crippen LogP contribution in [0.3, 0.4) is 0 Å². The summed E-state index contributed by atoms with van der Waals surface area (Å²) in [5.74, 6) is -0.258. The number of esters is 1. The molecule has 3 aliphatic heterocycles. The second-order valence-electron chi connectivity index (χ2n) is 14.4. The number of aromatic nitrogens is 4. The molecule has 7 rings (SSSR count). The Morgan fingerprint density at radius 2 is 1.96 bits per heavy atom. The number of nitrogens with zero attached hydrogens (tertiary/aromatic N) is 4. The van der Waals surface area contributed by atoms with E-state index in [2.05, 4.69) is 21.9 Å². The highest BCUT2D eigenvalue weighted by Gasteiger charge is 2.61. The number of carbonyl (C=O) groups excluding carboxylic acids is 1. The fraction of sp³-hybridized carbons (Fsp3) is 0.559. The summed E-state index contributed by atoms with van der Waals surface area (Å²) in [4.78, 5) is 40.9. The second-order valence-corrected chi connectivity index (χ2v) is 14.4. The first-order valence-electron chi connectivity index (χ1n) is 16.7. The molecule has 0 radical (unpaired) electrons. The average Bonchev–Trinajstić information content (AvgIpc) is 3.70. The minimum absolute atomic E-state index is 0.0285. The molecule has 0 amide bonds. The van der Waals surface area contributed by atoms with Gasteiger partial charge in [0.15, 0.2) is 12.2 Å². The van der Waals surface area contributed by atoms with E-state index in [0.717, 1.165) is 5.71 Å². The van der Waals surface area contributed by atoms with Gasteiger partial charge < -0.3 is 50.0 Å². The van der Waals surface area contributed by atoms with Crippen LogP contribution in [-0.4, -0.2) is 107 Å². The third-order valence-electron chi connectivity index (χ3n) is 11.5. The van der Waals surface area contributed by atoms with Crippen molar-refractivity contribution in [2.24, 2.45) is 33.6 Å². The van der Waals surface area contributed by atoms with E-state index >= 15 is 0 Å². The Balaban J connectivity index is 1.22. The number of nitrogens with two attached hydrogens (primary N) is 1. The third kappa shape index (κ3) is 5.74. The Morgan fingerprint density at radius 3 is 2.70 bits per heavy atom. The fourth-order valence-electron chi connectivity index (χ4n) is 8.67. The van der Waals surface area contributed by atoms with E-state index in [-0.39, 0.29) is 41.6 Å². The van der Waals surface area contributed by atoms with Gasteiger partial charge in [0.1, 0.15) is 30.2 Å². The molecule has 16 nitrogen and oxygen atoms in total. The van der Waals surface area contributed by atoms with Gasteiger partial charge in [0.2, 0.25) is 5.95 Å². The van der Waals surface area contributed by atoms with E-state index in [1.54, 1.807) is 18.3 Å². The maximum atomic E-state index is 13.0. The van der Waals surface area contributed by atoms with Gasteiger partial charge in [-0.15, -0.1) is 0 Å². The standard InChI is InChI=1S/C34H42N6O10/c1-33-6-5-24(50-30-27(45)26(44)25(43)22(14-41)49-30)34(2,15-42)23(33)11-21-19(13-40-8-7-36-32(40)38-21)20(33)4-3-16-9-18(48-29(16)47)10-17-12-37-31(35)39-28(17)46/h3-4,7-10,12,19-20,22-27,30,41-45H,5-6,11,13-15H2,1-2H3,(H3,35,37,39,46)/t19?,20?,22?,23?,24-,25?,26?,27?,30?,33-,34+/m1/s1. The number of aliphatic imine (C=N–C) groups is 1. The maximum Gasteiger partial charge on any atom is 0.343 e. The second kappa shape index (κ2) is 12.9. The zero-order valence-corrected chi connectivity index (χ0v) is 27.6. The highest BCUT2D eigenvalue weighted by molar-refractivity contribution is 5.96. The molecule has 2 aromatic heterocycles. The van der Waals surface area contributed by atoms with Crippen LogP contribution in [0.25, 0.3) is 6.08 Å². The first kappa shape index (κ1) is 34.4. The molecule has 8 unspecified atom stereocenters. The number of carbonyl (C=O) groups is 1. The van der Waals surface area contributed by atoms with Crippen molar-refractivity contribution in [2.75, 3.05) is 18.9 Å². The lowest BCUT2D eigenvalue weighted by atomic mass is 9.45. The third-order valence-corrected chi connectivity index (χ3v) is 11.5. The van der Waals surface area contributed by atoms with Crippen LogP contribution < -0.4 is 11.3 Å². The molecule has 5 heterocycles. The number of hydrogen-bond acceptors (Lipinski definition) is 14. The van der Waals surface area contributed by atoms with Crippen molar-refractivity contribution >= 4 is 29.7 Å². The van der Waals surface area contributed by atoms with Crippen molar-refractivity contribution < 1.29 is 44.5 Å². The number of allylic oxidation sites excluding steroid dienone is 2. The normalized spacial score (nSPS) is 39.1. The van der Waals surface area contributed by atoms with E-state index in [0.29, 0.717) is 37.3 Å². The van der Waals surface area contributed by atoms with Gasteiger partial charge in [-0.1, -0.05) is 26.0 Å². The van der Waals surface area contributed by atoms with Crippen LogP contribution in [-0.2, 0) is 25.5 Å². The lowest BCUT2D eigenvalue weighted by molar-refractivity contribution is -0.329. The van der Waals surface area contributed by atoms with E-state index < -0.39 is 65.8 Å². The van der Waals surface area contributed by atoms with Gasteiger partial charge in [0.05, 0.1) is 30.5 Å². The summed E-state index contributed by atoms with van der Waals surface area (Å²) >= 11 is 0. The van der Waals surface area contributed by atoms with Gasteiger partial charge in [0, 0.05) is 42.2 Å². The number of hydrogen-bond donors (Lipinski definition) is 7. The number of imidazole rings is 1. The first-order chi connectivity index (χ1) is 23.9. The fourth-order valence-corrected chi connectivity index (χ4v) is 8.67. The number of cyclic esters (lactones) is 1. The minimum Gasteiger partial charge on any atom is -0.423 e. The highest BCUT2D eigenvalue weighted by atomic mass is 16.7. The lowest BCUT2D eigenvalue weighted by Crippen LogP contribution is -2.64. The Labute approximate surface area is 286 Å². The zero-order chi connectivity index (χ0) is 35.5. The Kier molecular flexibility index (Phi) is 8.91. The van der Waals surface area contributed by atoms with E-state index in [1.165, 1.54) is 12.3 Å². The number of nitrogen functional groups attached to an aromatic ring is 1. The molecule has 0 bridgehead atoms. The number of ether oxygens (including phenoxy) is 3. The molecule has 11 atom stereocenters. The number of H-pyrrole nitrogens is 1. The van der Waals surface area contributed by atoms with Crippen LogP contribution in [0.4, 0.5) is 11.9 Å². The van der Waals surface area contributed by atoms with Crippen LogP contribution >= 0.6 is 0 Å². The van der Waals surface area contributed by atoms with Crippen molar-refractivity contribution in [1.82, 2.24) is 19.5 Å². The van der Waals surface area contributed by atoms with Gasteiger partial charge in [-0.3, -0.25) is 9.78 Å². The number of rotatable bonds is 7. The molecule has 50 heavy (non-hydrogen) atoms. The van der Waals surface area contributed by atoms with Gasteiger partial charge >= 0.3 is 5.97 Å². The van der Waals surface area contributed by atoms with Gasteiger partial charge in [-0.2, -0.15) is 0 Å². The summed E-state index contributed by atoms with van der Waals surface area (Å²) in [7, 11) is 0. The van der Waals surface area contributed by atoms with Gasteiger partial charge in [-0.05, 0) is 48.7 Å². The summed E-state index contributed by atoms with van der Waals surface area (Å²) in [6, 6.07) is 0. The molecule has 0 spiro atoms. The lowest BCUT2D eigenvalue weighted by Gasteiger charge is -2.62. The molecule has 3 fully saturated rings. The number of fused-ring (bicyclic) bond motifs is 3. The monoisotopic (exact) mass is 694 g/mol. The maximum absolute atomic E-state index is 13.0. The first-order valence-corrected chi connectivity index (χ1v) is 16.7. The largest absolute Gasteiger partial charge is 0.423 e. The number of anilines is 1. The van der Waals surface area contributed by atoms with Crippen LogP contribution in [0.1, 0.15) is 38.7 Å². The quantitative estimate of drug-likeness (QED) is 0.149. The van der Waals surface area contributed by atoms with Crippen LogP contribution in [0.2, 0.25) is 0 Å². The molecule has 5 aliphatic rings. The van der Waals surface area contributed by atoms with E-state index in [4.69, 9.17) is 24.9 Å². The SMILES string of the molecule is C[C@]12CC[C@@H](OC3OC(CO)C(O)C(O)C3O)[C@@](C)(CO)C1CC1=Nc3nccn3CC1C2C=CC1=CC(=Cc2cnc(N)[nH]c2=O)OC1=O. The van der Waals surface area contributed by atoms with Crippen molar-refractivity contribution in [3.8, 4) is 0 Å². The highest BCUT2D eigenvalue weighted by Crippen LogP contribution is 2.62. The average molecular weight is 695 g/mol. The van der Waals surface area contributed by atoms with E-state index in [1.807, 2.05) is 23.8 Å². The molecule has 0 aromatic carbocycles. The summed E-state index contributed by atoms with van der Waals surface area (Å²) in [5.41, 5.74) is 5.13. The predicted octanol–water partition coefficient (Wildman–Crippen LogP) is -0.0487. The van der Waals surface area contributed by atoms with Gasteiger partial charge in [-0.25, -0.2) is 19.8 Å². The van der Waals surface area contributed by atoms with Crippen molar-refractivity contribution in [3.05, 3.63) is 64.1 Å². The van der Waals surface area contributed by atoms with Crippen molar-refractivity contribution in [3.63, 3.8) is 0 Å². The van der Waals surface area contributed by atoms with Crippen LogP contribution in [0.5, 0.6) is 0 Å². The Bertz CT molecular complexity index is 1830. The molecule has 8 N–H and O–H groups in total. The summed E-state index contributed by atoms with van der Waals surface area (Å²) in [6.45, 7) is 3.86. The number of aliphatic hydroxyl groups is 5. The topological polar surface area (TPSA) is 248 Å². The van der Waals surface area contributed by atoms with E-state index in [9.17, 15) is 35.1 Å². The zero-order valence-electron chi connectivity index (χ0n) is 27.6. The molecule has 16 heteroatoms. The molecule has 268 valence electrons. The van der Waals surface area contributed by atoms with Crippen molar-refractivity contribution in [1.29, 1.82) is 0 Å². The Morgan fingerprint density at radius 1 is 1.16 bits per heavy atom. The molecule has 2 aromatic rings. The number of aromatic amines is 1.